The quantitative estimate of drug-likeness (QED) is 0.833. The Balaban J connectivity index is 1.90. The Morgan fingerprint density at radius 3 is 2.41 bits per heavy atom. The van der Waals surface area contributed by atoms with Crippen LogP contribution in [-0.4, -0.2) is 13.6 Å². The number of hydrogen-bond donors (Lipinski definition) is 1. The molecule has 3 rings (SSSR count). The van der Waals surface area contributed by atoms with E-state index in [2.05, 4.69) is 50.5 Å². The van der Waals surface area contributed by atoms with Crippen molar-refractivity contribution in [2.75, 3.05) is 13.6 Å². The molecule has 0 aliphatic heterocycles. The number of nitrogens with one attached hydrogen (secondary N) is 1. The van der Waals surface area contributed by atoms with Crippen LogP contribution < -0.4 is 5.32 Å². The Morgan fingerprint density at radius 2 is 1.82 bits per heavy atom. The standard InChI is InChI=1S/C16H23N/c1-16(2)14(10-17-3)15(16)13-7-5-4-6-12(13)11-8-9-11/h4-7,11,14-15,17H,8-10H2,1-3H3. The second-order valence-corrected chi connectivity index (χ2v) is 6.37. The lowest BCUT2D eigenvalue weighted by Crippen LogP contribution is -2.12. The van der Waals surface area contributed by atoms with Crippen LogP contribution in [0.3, 0.4) is 0 Å². The van der Waals surface area contributed by atoms with Crippen molar-refractivity contribution >= 4 is 0 Å². The van der Waals surface area contributed by atoms with Gasteiger partial charge < -0.3 is 5.32 Å². The van der Waals surface area contributed by atoms with E-state index in [0.29, 0.717) is 5.41 Å². The molecule has 2 unspecified atom stereocenters. The fourth-order valence-electron chi connectivity index (χ4n) is 3.52. The van der Waals surface area contributed by atoms with E-state index in [4.69, 9.17) is 0 Å². The van der Waals surface area contributed by atoms with Gasteiger partial charge in [0.25, 0.3) is 0 Å². The molecule has 1 N–H and O–H groups in total. The lowest BCUT2D eigenvalue weighted by Gasteiger charge is -2.09. The van der Waals surface area contributed by atoms with Crippen LogP contribution in [0.5, 0.6) is 0 Å². The Bertz CT molecular complexity index is 417. The summed E-state index contributed by atoms with van der Waals surface area (Å²) in [6.45, 7) is 5.99. The van der Waals surface area contributed by atoms with Gasteiger partial charge in [-0.1, -0.05) is 38.1 Å². The minimum Gasteiger partial charge on any atom is -0.319 e. The van der Waals surface area contributed by atoms with E-state index in [1.54, 1.807) is 11.1 Å². The first-order valence-electron chi connectivity index (χ1n) is 6.89. The molecular formula is C16H23N. The van der Waals surface area contributed by atoms with Gasteiger partial charge in [-0.3, -0.25) is 0 Å². The summed E-state index contributed by atoms with van der Waals surface area (Å²) in [7, 11) is 2.07. The molecule has 1 aromatic carbocycles. The van der Waals surface area contributed by atoms with Gasteiger partial charge in [-0.15, -0.1) is 0 Å². The van der Waals surface area contributed by atoms with E-state index in [1.807, 2.05) is 0 Å². The zero-order chi connectivity index (χ0) is 12.0. The highest BCUT2D eigenvalue weighted by atomic mass is 14.9. The minimum atomic E-state index is 0.480. The summed E-state index contributed by atoms with van der Waals surface area (Å²) in [6, 6.07) is 9.15. The van der Waals surface area contributed by atoms with E-state index in [9.17, 15) is 0 Å². The van der Waals surface area contributed by atoms with Crippen LogP contribution in [-0.2, 0) is 0 Å². The summed E-state index contributed by atoms with van der Waals surface area (Å²) in [5, 5.41) is 3.35. The third-order valence-corrected chi connectivity index (χ3v) is 4.82. The molecule has 0 saturated heterocycles. The molecule has 0 amide bonds. The maximum atomic E-state index is 3.35. The van der Waals surface area contributed by atoms with Crippen molar-refractivity contribution < 1.29 is 0 Å². The van der Waals surface area contributed by atoms with Crippen molar-refractivity contribution in [3.63, 3.8) is 0 Å². The predicted molar refractivity (Wildman–Crippen MR) is 72.4 cm³/mol. The summed E-state index contributed by atoms with van der Waals surface area (Å²) < 4.78 is 0. The summed E-state index contributed by atoms with van der Waals surface area (Å²) in [5.41, 5.74) is 3.76. The first-order valence-corrected chi connectivity index (χ1v) is 6.89. The average molecular weight is 229 g/mol. The second kappa shape index (κ2) is 3.84. The Morgan fingerprint density at radius 1 is 1.18 bits per heavy atom. The SMILES string of the molecule is CNCC1C(c2ccccc2C2CC2)C1(C)C. The van der Waals surface area contributed by atoms with Crippen molar-refractivity contribution in [3.05, 3.63) is 35.4 Å². The maximum absolute atomic E-state index is 3.35. The lowest BCUT2D eigenvalue weighted by molar-refractivity contribution is 0.536. The molecule has 0 radical (unpaired) electrons. The highest BCUT2D eigenvalue weighted by Crippen LogP contribution is 2.65. The number of rotatable bonds is 4. The molecule has 2 saturated carbocycles. The molecule has 0 aromatic heterocycles. The Hall–Kier alpha value is -0.820. The Kier molecular flexibility index (Phi) is 2.55. The highest BCUT2D eigenvalue weighted by Gasteiger charge is 2.58. The molecular weight excluding hydrogens is 206 g/mol. The molecule has 1 nitrogen and oxygen atoms in total. The summed E-state index contributed by atoms with van der Waals surface area (Å²) in [4.78, 5) is 0. The molecule has 0 spiro atoms. The summed E-state index contributed by atoms with van der Waals surface area (Å²) in [6.07, 6.45) is 2.81. The van der Waals surface area contributed by atoms with Gasteiger partial charge in [-0.2, -0.15) is 0 Å². The van der Waals surface area contributed by atoms with E-state index in [-0.39, 0.29) is 0 Å². The zero-order valence-corrected chi connectivity index (χ0v) is 11.2. The Labute approximate surface area is 105 Å². The zero-order valence-electron chi connectivity index (χ0n) is 11.2. The fraction of sp³-hybridized carbons (Fsp3) is 0.625. The summed E-state index contributed by atoms with van der Waals surface area (Å²) >= 11 is 0. The monoisotopic (exact) mass is 229 g/mol. The second-order valence-electron chi connectivity index (χ2n) is 6.37. The van der Waals surface area contributed by atoms with Crippen molar-refractivity contribution in [1.82, 2.24) is 5.32 Å². The summed E-state index contributed by atoms with van der Waals surface area (Å²) in [5.74, 6) is 2.46. The van der Waals surface area contributed by atoms with Crippen molar-refractivity contribution in [1.29, 1.82) is 0 Å². The van der Waals surface area contributed by atoms with Crippen LogP contribution in [0.2, 0.25) is 0 Å². The molecule has 2 aliphatic carbocycles. The van der Waals surface area contributed by atoms with Gasteiger partial charge in [0.1, 0.15) is 0 Å². The van der Waals surface area contributed by atoms with Crippen molar-refractivity contribution in [3.8, 4) is 0 Å². The minimum absolute atomic E-state index is 0.480. The molecule has 2 atom stereocenters. The topological polar surface area (TPSA) is 12.0 Å². The van der Waals surface area contributed by atoms with Crippen LogP contribution in [0.15, 0.2) is 24.3 Å². The number of benzene rings is 1. The molecule has 0 heterocycles. The first kappa shape index (κ1) is 11.3. The molecule has 17 heavy (non-hydrogen) atoms. The fourth-order valence-corrected chi connectivity index (χ4v) is 3.52. The van der Waals surface area contributed by atoms with E-state index < -0.39 is 0 Å². The third kappa shape index (κ3) is 1.81. The van der Waals surface area contributed by atoms with Crippen LogP contribution in [0.4, 0.5) is 0 Å². The lowest BCUT2D eigenvalue weighted by atomic mass is 9.95. The highest BCUT2D eigenvalue weighted by molar-refractivity contribution is 5.41. The van der Waals surface area contributed by atoms with Gasteiger partial charge >= 0.3 is 0 Å². The van der Waals surface area contributed by atoms with Crippen LogP contribution in [0.1, 0.15) is 49.7 Å². The van der Waals surface area contributed by atoms with Crippen molar-refractivity contribution in [2.45, 2.75) is 38.5 Å². The van der Waals surface area contributed by atoms with Crippen LogP contribution in [0.25, 0.3) is 0 Å². The smallest absolute Gasteiger partial charge is 0.00121 e. The van der Waals surface area contributed by atoms with Gasteiger partial charge in [0.15, 0.2) is 0 Å². The van der Waals surface area contributed by atoms with Gasteiger partial charge in [0.05, 0.1) is 0 Å². The van der Waals surface area contributed by atoms with Gasteiger partial charge in [0, 0.05) is 0 Å². The normalized spacial score (nSPS) is 30.3. The molecule has 2 fully saturated rings. The van der Waals surface area contributed by atoms with Gasteiger partial charge in [0.2, 0.25) is 0 Å². The van der Waals surface area contributed by atoms with Gasteiger partial charge in [-0.25, -0.2) is 0 Å². The largest absolute Gasteiger partial charge is 0.319 e. The first-order chi connectivity index (χ1) is 8.16. The number of hydrogen-bond acceptors (Lipinski definition) is 1. The molecule has 2 aliphatic rings. The van der Waals surface area contributed by atoms with E-state index in [0.717, 1.165) is 24.3 Å². The molecule has 1 aromatic rings. The third-order valence-electron chi connectivity index (χ3n) is 4.82. The molecule has 92 valence electrons. The van der Waals surface area contributed by atoms with Crippen LogP contribution in [0, 0.1) is 11.3 Å². The predicted octanol–water partition coefficient (Wildman–Crippen LogP) is 3.52. The van der Waals surface area contributed by atoms with Gasteiger partial charge in [-0.05, 0) is 60.7 Å². The van der Waals surface area contributed by atoms with E-state index >= 15 is 0 Å². The van der Waals surface area contributed by atoms with Crippen molar-refractivity contribution in [2.24, 2.45) is 11.3 Å². The molecule has 1 heteroatoms. The van der Waals surface area contributed by atoms with E-state index in [1.165, 1.54) is 12.8 Å². The van der Waals surface area contributed by atoms with Crippen LogP contribution >= 0.6 is 0 Å². The molecule has 0 bridgehead atoms. The average Bonchev–Trinajstić information content (AvgIpc) is 3.19. The maximum Gasteiger partial charge on any atom is -0.00121 e.